The van der Waals surface area contributed by atoms with Crippen molar-refractivity contribution >= 4 is 0 Å². The van der Waals surface area contributed by atoms with Crippen LogP contribution in [0.2, 0.25) is 0 Å². The minimum atomic E-state index is -0.494. The molecule has 0 aliphatic carbocycles. The largest absolute Gasteiger partial charge is 0.328 e. The highest BCUT2D eigenvalue weighted by atomic mass is 16.2. The molecule has 8 heteroatoms. The standard InChI is InChI=1S/C16H18N6O2/c1-10(2)7-13-18-14(12-9-21(3)16(24)19-15(12)23)22(20-13)11-5-4-6-17-8-11/h4-6,8-10H,7H2,1-3H3,(H,19,23,24). The lowest BCUT2D eigenvalue weighted by molar-refractivity contribution is 0.618. The van der Waals surface area contributed by atoms with Crippen LogP contribution in [0.4, 0.5) is 0 Å². The van der Waals surface area contributed by atoms with Crippen LogP contribution in [-0.4, -0.2) is 29.3 Å². The molecule has 0 atom stereocenters. The van der Waals surface area contributed by atoms with E-state index in [4.69, 9.17) is 0 Å². The molecule has 0 fully saturated rings. The fraction of sp³-hybridized carbons (Fsp3) is 0.312. The molecule has 3 rings (SSSR count). The van der Waals surface area contributed by atoms with E-state index in [1.165, 1.54) is 10.8 Å². The quantitative estimate of drug-likeness (QED) is 0.768. The summed E-state index contributed by atoms with van der Waals surface area (Å²) < 4.78 is 2.89. The lowest BCUT2D eigenvalue weighted by Gasteiger charge is -2.05. The van der Waals surface area contributed by atoms with Gasteiger partial charge in [-0.3, -0.25) is 14.8 Å². The molecule has 0 aliphatic rings. The van der Waals surface area contributed by atoms with E-state index >= 15 is 0 Å². The predicted molar refractivity (Wildman–Crippen MR) is 89.0 cm³/mol. The van der Waals surface area contributed by atoms with Gasteiger partial charge in [0.15, 0.2) is 11.6 Å². The fourth-order valence-electron chi connectivity index (χ4n) is 2.36. The molecular formula is C16H18N6O2. The van der Waals surface area contributed by atoms with Crippen LogP contribution >= 0.6 is 0 Å². The zero-order chi connectivity index (χ0) is 17.3. The van der Waals surface area contributed by atoms with Gasteiger partial charge in [-0.05, 0) is 18.1 Å². The van der Waals surface area contributed by atoms with E-state index in [-0.39, 0.29) is 5.56 Å². The third-order valence-corrected chi connectivity index (χ3v) is 3.48. The van der Waals surface area contributed by atoms with Gasteiger partial charge in [0.05, 0.1) is 11.9 Å². The molecule has 0 bridgehead atoms. The molecule has 0 spiro atoms. The van der Waals surface area contributed by atoms with E-state index in [2.05, 4.69) is 33.9 Å². The van der Waals surface area contributed by atoms with Crippen molar-refractivity contribution in [1.29, 1.82) is 0 Å². The fourth-order valence-corrected chi connectivity index (χ4v) is 2.36. The Kier molecular flexibility index (Phi) is 4.11. The Morgan fingerprint density at radius 1 is 1.29 bits per heavy atom. The van der Waals surface area contributed by atoms with Crippen LogP contribution in [-0.2, 0) is 13.5 Å². The maximum absolute atomic E-state index is 12.2. The number of hydrogen-bond acceptors (Lipinski definition) is 5. The van der Waals surface area contributed by atoms with Crippen molar-refractivity contribution in [3.05, 3.63) is 57.4 Å². The molecule has 0 unspecified atom stereocenters. The molecule has 3 heterocycles. The first-order valence-corrected chi connectivity index (χ1v) is 7.62. The topological polar surface area (TPSA) is 98.5 Å². The van der Waals surface area contributed by atoms with Gasteiger partial charge in [0, 0.05) is 25.9 Å². The van der Waals surface area contributed by atoms with Crippen LogP contribution in [0.25, 0.3) is 17.1 Å². The van der Waals surface area contributed by atoms with E-state index < -0.39 is 11.2 Å². The number of pyridine rings is 1. The number of nitrogens with zero attached hydrogens (tertiary/aromatic N) is 5. The van der Waals surface area contributed by atoms with Crippen LogP contribution in [0.15, 0.2) is 40.3 Å². The summed E-state index contributed by atoms with van der Waals surface area (Å²) in [5, 5.41) is 4.52. The summed E-state index contributed by atoms with van der Waals surface area (Å²) in [6.07, 6.45) is 5.46. The molecule has 24 heavy (non-hydrogen) atoms. The number of H-pyrrole nitrogens is 1. The Morgan fingerprint density at radius 3 is 2.75 bits per heavy atom. The number of rotatable bonds is 4. The first kappa shape index (κ1) is 15.9. The molecule has 3 aromatic rings. The minimum absolute atomic E-state index is 0.281. The Bertz CT molecular complexity index is 968. The van der Waals surface area contributed by atoms with Gasteiger partial charge in [-0.15, -0.1) is 0 Å². The number of aromatic nitrogens is 6. The Morgan fingerprint density at radius 2 is 2.08 bits per heavy atom. The van der Waals surface area contributed by atoms with Crippen molar-refractivity contribution in [2.24, 2.45) is 13.0 Å². The Balaban J connectivity index is 2.23. The third kappa shape index (κ3) is 3.03. The summed E-state index contributed by atoms with van der Waals surface area (Å²) in [7, 11) is 1.57. The van der Waals surface area contributed by atoms with E-state index in [1.54, 1.807) is 30.2 Å². The summed E-state index contributed by atoms with van der Waals surface area (Å²) in [4.78, 5) is 34.7. The zero-order valence-corrected chi connectivity index (χ0v) is 13.7. The third-order valence-electron chi connectivity index (χ3n) is 3.48. The van der Waals surface area contributed by atoms with E-state index in [1.807, 2.05) is 6.07 Å². The van der Waals surface area contributed by atoms with Gasteiger partial charge in [0.2, 0.25) is 0 Å². The Labute approximate surface area is 137 Å². The molecular weight excluding hydrogens is 308 g/mol. The van der Waals surface area contributed by atoms with E-state index in [9.17, 15) is 9.59 Å². The van der Waals surface area contributed by atoms with Crippen molar-refractivity contribution < 1.29 is 0 Å². The molecule has 0 radical (unpaired) electrons. The van der Waals surface area contributed by atoms with Crippen LogP contribution in [0, 0.1) is 5.92 Å². The molecule has 0 aromatic carbocycles. The van der Waals surface area contributed by atoms with Crippen molar-refractivity contribution in [2.45, 2.75) is 20.3 Å². The number of aryl methyl sites for hydroxylation is 1. The van der Waals surface area contributed by atoms with Gasteiger partial charge in [-0.2, -0.15) is 5.10 Å². The Hall–Kier alpha value is -3.03. The van der Waals surface area contributed by atoms with Gasteiger partial charge in [0.1, 0.15) is 5.56 Å². The molecule has 0 saturated carbocycles. The number of nitrogens with one attached hydrogen (secondary N) is 1. The molecule has 124 valence electrons. The lowest BCUT2D eigenvalue weighted by Crippen LogP contribution is -2.29. The van der Waals surface area contributed by atoms with Gasteiger partial charge in [-0.1, -0.05) is 13.8 Å². The molecule has 0 amide bonds. The van der Waals surface area contributed by atoms with Crippen LogP contribution in [0.3, 0.4) is 0 Å². The van der Waals surface area contributed by atoms with Gasteiger partial charge in [-0.25, -0.2) is 14.5 Å². The minimum Gasteiger partial charge on any atom is -0.303 e. The number of aromatic amines is 1. The summed E-state index contributed by atoms with van der Waals surface area (Å²) in [6, 6.07) is 3.62. The first-order chi connectivity index (χ1) is 11.5. The van der Waals surface area contributed by atoms with Crippen LogP contribution in [0.5, 0.6) is 0 Å². The zero-order valence-electron chi connectivity index (χ0n) is 13.7. The van der Waals surface area contributed by atoms with Crippen molar-refractivity contribution in [1.82, 2.24) is 29.3 Å². The van der Waals surface area contributed by atoms with Gasteiger partial charge < -0.3 is 4.57 Å². The average molecular weight is 326 g/mol. The second kappa shape index (κ2) is 6.23. The van der Waals surface area contributed by atoms with Crippen molar-refractivity contribution in [3.63, 3.8) is 0 Å². The maximum atomic E-state index is 12.2. The van der Waals surface area contributed by atoms with Crippen molar-refractivity contribution in [2.75, 3.05) is 0 Å². The monoisotopic (exact) mass is 326 g/mol. The highest BCUT2D eigenvalue weighted by molar-refractivity contribution is 5.55. The smallest absolute Gasteiger partial charge is 0.303 e. The molecule has 0 aliphatic heterocycles. The average Bonchev–Trinajstić information content (AvgIpc) is 2.94. The molecule has 3 aromatic heterocycles. The van der Waals surface area contributed by atoms with E-state index in [0.29, 0.717) is 29.7 Å². The summed E-state index contributed by atoms with van der Waals surface area (Å²) >= 11 is 0. The number of hydrogen-bond donors (Lipinski definition) is 1. The normalized spacial score (nSPS) is 11.2. The highest BCUT2D eigenvalue weighted by Crippen LogP contribution is 2.18. The molecule has 0 saturated heterocycles. The maximum Gasteiger partial charge on any atom is 0.328 e. The lowest BCUT2D eigenvalue weighted by atomic mass is 10.1. The summed E-state index contributed by atoms with van der Waals surface area (Å²) in [5.41, 5.74) is 0.0112. The van der Waals surface area contributed by atoms with Crippen LogP contribution < -0.4 is 11.2 Å². The van der Waals surface area contributed by atoms with E-state index in [0.717, 1.165) is 0 Å². The van der Waals surface area contributed by atoms with Gasteiger partial charge in [0.25, 0.3) is 5.56 Å². The first-order valence-electron chi connectivity index (χ1n) is 7.62. The second-order valence-electron chi connectivity index (χ2n) is 5.99. The summed E-state index contributed by atoms with van der Waals surface area (Å²) in [5.74, 6) is 1.40. The van der Waals surface area contributed by atoms with Gasteiger partial charge >= 0.3 is 5.69 Å². The highest BCUT2D eigenvalue weighted by Gasteiger charge is 2.18. The van der Waals surface area contributed by atoms with Crippen molar-refractivity contribution in [3.8, 4) is 17.1 Å². The van der Waals surface area contributed by atoms with Crippen LogP contribution in [0.1, 0.15) is 19.7 Å². The molecule has 1 N–H and O–H groups in total. The summed E-state index contributed by atoms with van der Waals surface area (Å²) in [6.45, 7) is 4.15. The molecule has 8 nitrogen and oxygen atoms in total. The predicted octanol–water partition coefficient (Wildman–Crippen LogP) is 0.915. The SMILES string of the molecule is CC(C)Cc1nc(-c2cn(C)c(=O)[nH]c2=O)n(-c2cccnc2)n1. The second-order valence-corrected chi connectivity index (χ2v) is 5.99.